The van der Waals surface area contributed by atoms with Crippen LogP contribution in [0.25, 0.3) is 0 Å². The third-order valence-corrected chi connectivity index (χ3v) is 5.06. The molecule has 0 aromatic heterocycles. The monoisotopic (exact) mass is 376 g/mol. The van der Waals surface area contributed by atoms with Crippen molar-refractivity contribution in [3.05, 3.63) is 64.4 Å². The van der Waals surface area contributed by atoms with Crippen molar-refractivity contribution >= 4 is 11.6 Å². The molecule has 3 nitrogen and oxygen atoms in total. The molecule has 2 aromatic rings. The summed E-state index contributed by atoms with van der Waals surface area (Å²) in [5.74, 6) is 0.589. The highest BCUT2D eigenvalue weighted by Gasteiger charge is 2.13. The predicted molar refractivity (Wildman–Crippen MR) is 104 cm³/mol. The van der Waals surface area contributed by atoms with Gasteiger partial charge in [-0.05, 0) is 67.9 Å². The Bertz CT molecular complexity index is 717. The summed E-state index contributed by atoms with van der Waals surface area (Å²) in [6.45, 7) is 5.98. The van der Waals surface area contributed by atoms with Gasteiger partial charge in [-0.1, -0.05) is 23.7 Å². The second kappa shape index (κ2) is 9.36. The second-order valence-electron chi connectivity index (χ2n) is 6.92. The van der Waals surface area contributed by atoms with E-state index in [-0.39, 0.29) is 5.82 Å². The highest BCUT2D eigenvalue weighted by Crippen LogP contribution is 2.25. The number of aryl methyl sites for hydroxylation is 1. The molecule has 1 aliphatic heterocycles. The van der Waals surface area contributed by atoms with E-state index in [1.165, 1.54) is 12.1 Å². The van der Waals surface area contributed by atoms with Crippen molar-refractivity contribution in [1.29, 1.82) is 0 Å². The maximum Gasteiger partial charge on any atom is 0.123 e. The van der Waals surface area contributed by atoms with Gasteiger partial charge in [0.05, 0.1) is 0 Å². The van der Waals surface area contributed by atoms with Gasteiger partial charge < -0.3 is 14.5 Å². The van der Waals surface area contributed by atoms with Crippen LogP contribution in [-0.2, 0) is 13.0 Å². The van der Waals surface area contributed by atoms with Crippen molar-refractivity contribution in [1.82, 2.24) is 9.80 Å². The lowest BCUT2D eigenvalue weighted by atomic mass is 10.1. The standard InChI is InChI=1S/C21H26ClFN2O/c1-24-10-12-25(13-11-24)9-3-5-18-15-19(22)7-8-21(18)26-16-17-4-2-6-20(23)14-17/h2,4,6-8,14-15H,3,5,9-13,16H2,1H3. The molecule has 0 spiro atoms. The largest absolute Gasteiger partial charge is 0.489 e. The average Bonchev–Trinajstić information content (AvgIpc) is 2.63. The van der Waals surface area contributed by atoms with Crippen LogP contribution >= 0.6 is 11.6 Å². The Morgan fingerprint density at radius 3 is 2.65 bits per heavy atom. The lowest BCUT2D eigenvalue weighted by molar-refractivity contribution is 0.153. The van der Waals surface area contributed by atoms with E-state index in [2.05, 4.69) is 16.8 Å². The molecule has 26 heavy (non-hydrogen) atoms. The Hall–Kier alpha value is -1.62. The van der Waals surface area contributed by atoms with Gasteiger partial charge in [-0.25, -0.2) is 4.39 Å². The van der Waals surface area contributed by atoms with E-state index in [1.807, 2.05) is 24.3 Å². The first-order valence-corrected chi connectivity index (χ1v) is 9.54. The minimum atomic E-state index is -0.241. The van der Waals surface area contributed by atoms with E-state index in [0.717, 1.165) is 67.5 Å². The Balaban J connectivity index is 1.55. The van der Waals surface area contributed by atoms with Crippen LogP contribution in [0.3, 0.4) is 0 Å². The Kier molecular flexibility index (Phi) is 6.89. The van der Waals surface area contributed by atoms with Gasteiger partial charge in [0.15, 0.2) is 0 Å². The van der Waals surface area contributed by atoms with Crippen molar-refractivity contribution in [2.75, 3.05) is 39.8 Å². The number of benzene rings is 2. The number of halogens is 2. The maximum absolute atomic E-state index is 13.3. The fourth-order valence-corrected chi connectivity index (χ4v) is 3.43. The number of hydrogen-bond acceptors (Lipinski definition) is 3. The minimum Gasteiger partial charge on any atom is -0.489 e. The number of hydrogen-bond donors (Lipinski definition) is 0. The fraction of sp³-hybridized carbons (Fsp3) is 0.429. The molecule has 1 fully saturated rings. The molecule has 2 aromatic carbocycles. The molecular weight excluding hydrogens is 351 g/mol. The summed E-state index contributed by atoms with van der Waals surface area (Å²) in [7, 11) is 2.17. The first-order chi connectivity index (χ1) is 12.6. The van der Waals surface area contributed by atoms with Crippen LogP contribution in [-0.4, -0.2) is 49.6 Å². The van der Waals surface area contributed by atoms with Crippen LogP contribution in [0.5, 0.6) is 5.75 Å². The van der Waals surface area contributed by atoms with Crippen LogP contribution in [0, 0.1) is 5.82 Å². The van der Waals surface area contributed by atoms with E-state index < -0.39 is 0 Å². The first-order valence-electron chi connectivity index (χ1n) is 9.17. The van der Waals surface area contributed by atoms with Crippen molar-refractivity contribution in [2.24, 2.45) is 0 Å². The summed E-state index contributed by atoms with van der Waals surface area (Å²) >= 11 is 6.18. The van der Waals surface area contributed by atoms with Crippen LogP contribution < -0.4 is 4.74 Å². The third-order valence-electron chi connectivity index (χ3n) is 4.82. The highest BCUT2D eigenvalue weighted by molar-refractivity contribution is 6.30. The molecule has 0 unspecified atom stereocenters. The summed E-state index contributed by atoms with van der Waals surface area (Å²) in [5.41, 5.74) is 1.94. The third kappa shape index (κ3) is 5.70. The zero-order chi connectivity index (χ0) is 18.4. The van der Waals surface area contributed by atoms with E-state index >= 15 is 0 Å². The molecule has 0 saturated carbocycles. The zero-order valence-corrected chi connectivity index (χ0v) is 16.0. The minimum absolute atomic E-state index is 0.241. The van der Waals surface area contributed by atoms with E-state index in [1.54, 1.807) is 6.07 Å². The highest BCUT2D eigenvalue weighted by atomic mass is 35.5. The van der Waals surface area contributed by atoms with Crippen LogP contribution in [0.1, 0.15) is 17.5 Å². The van der Waals surface area contributed by atoms with Crippen LogP contribution in [0.15, 0.2) is 42.5 Å². The quantitative estimate of drug-likeness (QED) is 0.718. The second-order valence-corrected chi connectivity index (χ2v) is 7.36. The van der Waals surface area contributed by atoms with Gasteiger partial charge >= 0.3 is 0 Å². The average molecular weight is 377 g/mol. The number of ether oxygens (including phenoxy) is 1. The molecule has 0 bridgehead atoms. The van der Waals surface area contributed by atoms with E-state index in [4.69, 9.17) is 16.3 Å². The smallest absolute Gasteiger partial charge is 0.123 e. The number of likely N-dealkylation sites (N-methyl/N-ethyl adjacent to an activating group) is 1. The number of rotatable bonds is 7. The fourth-order valence-electron chi connectivity index (χ4n) is 3.24. The lowest BCUT2D eigenvalue weighted by Gasteiger charge is -2.32. The lowest BCUT2D eigenvalue weighted by Crippen LogP contribution is -2.44. The van der Waals surface area contributed by atoms with Crippen molar-refractivity contribution in [3.63, 3.8) is 0 Å². The van der Waals surface area contributed by atoms with Crippen molar-refractivity contribution in [3.8, 4) is 5.75 Å². The summed E-state index contributed by atoms with van der Waals surface area (Å²) in [5, 5.41) is 0.720. The molecule has 0 radical (unpaired) electrons. The molecule has 1 heterocycles. The Morgan fingerprint density at radius 1 is 1.08 bits per heavy atom. The van der Waals surface area contributed by atoms with Crippen LogP contribution in [0.2, 0.25) is 5.02 Å². The van der Waals surface area contributed by atoms with Crippen molar-refractivity contribution < 1.29 is 9.13 Å². The molecule has 1 saturated heterocycles. The van der Waals surface area contributed by atoms with Gasteiger partial charge in [0, 0.05) is 31.2 Å². The van der Waals surface area contributed by atoms with Crippen LogP contribution in [0.4, 0.5) is 4.39 Å². The van der Waals surface area contributed by atoms with Gasteiger partial charge in [-0.3, -0.25) is 0 Å². The van der Waals surface area contributed by atoms with Gasteiger partial charge in [0.25, 0.3) is 0 Å². The first kappa shape index (κ1) is 19.2. The molecule has 1 aliphatic rings. The summed E-state index contributed by atoms with van der Waals surface area (Å²) in [4.78, 5) is 4.88. The summed E-state index contributed by atoms with van der Waals surface area (Å²) in [6, 6.07) is 12.2. The van der Waals surface area contributed by atoms with Crippen molar-refractivity contribution in [2.45, 2.75) is 19.4 Å². The Morgan fingerprint density at radius 2 is 1.88 bits per heavy atom. The molecule has 0 aliphatic carbocycles. The predicted octanol–water partition coefficient (Wildman–Crippen LogP) is 4.24. The molecule has 3 rings (SSSR count). The van der Waals surface area contributed by atoms with Gasteiger partial charge in [-0.15, -0.1) is 0 Å². The maximum atomic E-state index is 13.3. The summed E-state index contributed by atoms with van der Waals surface area (Å²) < 4.78 is 19.3. The SMILES string of the molecule is CN1CCN(CCCc2cc(Cl)ccc2OCc2cccc(F)c2)CC1. The van der Waals surface area contributed by atoms with E-state index in [9.17, 15) is 4.39 Å². The molecular formula is C21H26ClFN2O. The molecule has 0 amide bonds. The van der Waals surface area contributed by atoms with E-state index in [0.29, 0.717) is 6.61 Å². The van der Waals surface area contributed by atoms with Gasteiger partial charge in [0.1, 0.15) is 18.2 Å². The summed E-state index contributed by atoms with van der Waals surface area (Å²) in [6.07, 6.45) is 1.99. The molecule has 0 atom stereocenters. The van der Waals surface area contributed by atoms with Gasteiger partial charge in [-0.2, -0.15) is 0 Å². The molecule has 5 heteroatoms. The normalized spacial score (nSPS) is 16.0. The molecule has 0 N–H and O–H groups in total. The number of piperazine rings is 1. The number of nitrogens with zero attached hydrogens (tertiary/aromatic N) is 2. The topological polar surface area (TPSA) is 15.7 Å². The zero-order valence-electron chi connectivity index (χ0n) is 15.3. The molecule has 140 valence electrons. The Labute approximate surface area is 160 Å². The van der Waals surface area contributed by atoms with Gasteiger partial charge in [0.2, 0.25) is 0 Å².